The highest BCUT2D eigenvalue weighted by atomic mass is 79.9. The fourth-order valence-electron chi connectivity index (χ4n) is 1.89. The normalized spacial score (nSPS) is 10.8. The third kappa shape index (κ3) is 3.48. The first-order chi connectivity index (χ1) is 9.06. The second kappa shape index (κ2) is 6.82. The lowest BCUT2D eigenvalue weighted by atomic mass is 9.99. The molecular weight excluding hydrogens is 434 g/mol. The van der Waals surface area contributed by atoms with Gasteiger partial charge in [-0.3, -0.25) is 0 Å². The summed E-state index contributed by atoms with van der Waals surface area (Å²) in [4.78, 5) is 0. The Morgan fingerprint density at radius 3 is 2.26 bits per heavy atom. The van der Waals surface area contributed by atoms with E-state index in [0.29, 0.717) is 20.4 Å². The first-order valence-electron chi connectivity index (χ1n) is 5.45. The van der Waals surface area contributed by atoms with E-state index in [4.69, 9.17) is 34.8 Å². The molecule has 0 radical (unpaired) electrons. The molecule has 0 saturated heterocycles. The molecule has 19 heavy (non-hydrogen) atoms. The highest BCUT2D eigenvalue weighted by Crippen LogP contribution is 2.38. The van der Waals surface area contributed by atoms with Gasteiger partial charge in [-0.25, -0.2) is 0 Å². The van der Waals surface area contributed by atoms with Crippen LogP contribution >= 0.6 is 66.7 Å². The number of halogens is 5. The molecule has 0 N–H and O–H groups in total. The number of rotatable bonds is 3. The summed E-state index contributed by atoms with van der Waals surface area (Å²) < 4.78 is 0. The van der Waals surface area contributed by atoms with Crippen molar-refractivity contribution in [2.45, 2.75) is 10.7 Å². The summed E-state index contributed by atoms with van der Waals surface area (Å²) in [6.45, 7) is 0. The lowest BCUT2D eigenvalue weighted by Gasteiger charge is -2.13. The summed E-state index contributed by atoms with van der Waals surface area (Å²) in [5, 5.41) is 3.23. The molecule has 0 aliphatic rings. The standard InChI is InChI=1S/C14H9Br2Cl3/c15-6-8-3-10(5-11(17)4-8)13-9(7-16)1-2-12(18)14(13)19/h1-5H,6-7H2. The molecule has 0 amide bonds. The molecule has 0 aromatic heterocycles. The molecule has 0 bridgehead atoms. The van der Waals surface area contributed by atoms with Crippen molar-refractivity contribution in [1.82, 2.24) is 0 Å². The molecule has 2 aromatic carbocycles. The molecule has 0 heterocycles. The van der Waals surface area contributed by atoms with Crippen molar-refractivity contribution < 1.29 is 0 Å². The van der Waals surface area contributed by atoms with Gasteiger partial charge in [0.1, 0.15) is 0 Å². The molecule has 100 valence electrons. The largest absolute Gasteiger partial charge is 0.0876 e. The van der Waals surface area contributed by atoms with Gasteiger partial charge in [-0.05, 0) is 34.9 Å². The first kappa shape index (κ1) is 15.7. The highest BCUT2D eigenvalue weighted by Gasteiger charge is 2.13. The fraction of sp³-hybridized carbons (Fsp3) is 0.143. The van der Waals surface area contributed by atoms with E-state index in [2.05, 4.69) is 37.9 Å². The van der Waals surface area contributed by atoms with Crippen LogP contribution in [-0.2, 0) is 10.7 Å². The molecule has 0 spiro atoms. The molecule has 2 rings (SSSR count). The Hall–Kier alpha value is 0.270. The second-order valence-electron chi connectivity index (χ2n) is 4.01. The van der Waals surface area contributed by atoms with Crippen molar-refractivity contribution in [2.24, 2.45) is 0 Å². The Balaban J connectivity index is 2.70. The van der Waals surface area contributed by atoms with Crippen molar-refractivity contribution in [1.29, 1.82) is 0 Å². The minimum Gasteiger partial charge on any atom is -0.0876 e. The Bertz CT molecular complexity index is 612. The Kier molecular flexibility index (Phi) is 5.62. The van der Waals surface area contributed by atoms with Crippen LogP contribution in [0.3, 0.4) is 0 Å². The average Bonchev–Trinajstić information content (AvgIpc) is 2.40. The SMILES string of the molecule is Clc1cc(CBr)cc(-c2c(CBr)ccc(Cl)c2Cl)c1. The third-order valence-electron chi connectivity index (χ3n) is 2.73. The quantitative estimate of drug-likeness (QED) is 0.444. The van der Waals surface area contributed by atoms with Gasteiger partial charge in [0.2, 0.25) is 0 Å². The predicted molar refractivity (Wildman–Crippen MR) is 92.2 cm³/mol. The van der Waals surface area contributed by atoms with Gasteiger partial charge in [-0.15, -0.1) is 0 Å². The number of alkyl halides is 2. The Morgan fingerprint density at radius 1 is 0.895 bits per heavy atom. The minimum atomic E-state index is 0.543. The molecule has 0 aliphatic carbocycles. The van der Waals surface area contributed by atoms with Crippen molar-refractivity contribution in [2.75, 3.05) is 0 Å². The maximum Gasteiger partial charge on any atom is 0.0673 e. The summed E-state index contributed by atoms with van der Waals surface area (Å²) in [5.74, 6) is 0. The fourth-order valence-corrected chi connectivity index (χ4v) is 3.39. The van der Waals surface area contributed by atoms with Gasteiger partial charge >= 0.3 is 0 Å². The van der Waals surface area contributed by atoms with Gasteiger partial charge in [-0.1, -0.05) is 78.8 Å². The van der Waals surface area contributed by atoms with E-state index in [9.17, 15) is 0 Å². The van der Waals surface area contributed by atoms with Crippen LogP contribution < -0.4 is 0 Å². The maximum atomic E-state index is 6.35. The van der Waals surface area contributed by atoms with Crippen LogP contribution in [0.1, 0.15) is 11.1 Å². The first-order valence-corrected chi connectivity index (χ1v) is 8.83. The van der Waals surface area contributed by atoms with E-state index < -0.39 is 0 Å². The molecular formula is C14H9Br2Cl3. The van der Waals surface area contributed by atoms with Crippen LogP contribution in [0.5, 0.6) is 0 Å². The van der Waals surface area contributed by atoms with Crippen LogP contribution in [0.2, 0.25) is 15.1 Å². The lowest BCUT2D eigenvalue weighted by Crippen LogP contribution is -1.90. The predicted octanol–water partition coefficient (Wildman–Crippen LogP) is 7.10. The summed E-state index contributed by atoms with van der Waals surface area (Å²) in [6.07, 6.45) is 0. The molecule has 0 fully saturated rings. The zero-order valence-electron chi connectivity index (χ0n) is 9.69. The van der Waals surface area contributed by atoms with Crippen LogP contribution in [0.4, 0.5) is 0 Å². The molecule has 0 nitrogen and oxygen atoms in total. The van der Waals surface area contributed by atoms with E-state index in [1.165, 1.54) is 0 Å². The highest BCUT2D eigenvalue weighted by molar-refractivity contribution is 9.08. The van der Waals surface area contributed by atoms with E-state index in [1.54, 1.807) is 6.07 Å². The van der Waals surface area contributed by atoms with E-state index in [-0.39, 0.29) is 0 Å². The van der Waals surface area contributed by atoms with Gasteiger partial charge in [0.05, 0.1) is 10.0 Å². The van der Waals surface area contributed by atoms with Gasteiger partial charge in [0.25, 0.3) is 0 Å². The van der Waals surface area contributed by atoms with Crippen molar-refractivity contribution in [3.8, 4) is 11.1 Å². The number of hydrogen-bond donors (Lipinski definition) is 0. The summed E-state index contributed by atoms with van der Waals surface area (Å²) in [7, 11) is 0. The monoisotopic (exact) mass is 440 g/mol. The molecule has 0 atom stereocenters. The molecule has 0 unspecified atom stereocenters. The molecule has 5 heteroatoms. The molecule has 0 saturated carbocycles. The number of benzene rings is 2. The van der Waals surface area contributed by atoms with Crippen LogP contribution in [0, 0.1) is 0 Å². The van der Waals surface area contributed by atoms with Crippen LogP contribution in [0.15, 0.2) is 30.3 Å². The van der Waals surface area contributed by atoms with E-state index in [0.717, 1.165) is 27.6 Å². The third-order valence-corrected chi connectivity index (χ3v) is 5.00. The second-order valence-corrected chi connectivity index (χ2v) is 6.35. The van der Waals surface area contributed by atoms with Gasteiger partial charge in [0, 0.05) is 21.2 Å². The zero-order valence-corrected chi connectivity index (χ0v) is 15.1. The summed E-state index contributed by atoms with van der Waals surface area (Å²) >= 11 is 25.5. The summed E-state index contributed by atoms with van der Waals surface area (Å²) in [5.41, 5.74) is 4.08. The summed E-state index contributed by atoms with van der Waals surface area (Å²) in [6, 6.07) is 9.65. The van der Waals surface area contributed by atoms with E-state index in [1.807, 2.05) is 18.2 Å². The van der Waals surface area contributed by atoms with Gasteiger partial charge in [0.15, 0.2) is 0 Å². The Labute approximate surface area is 144 Å². The topological polar surface area (TPSA) is 0 Å². The van der Waals surface area contributed by atoms with Gasteiger partial charge in [-0.2, -0.15) is 0 Å². The lowest BCUT2D eigenvalue weighted by molar-refractivity contribution is 1.39. The van der Waals surface area contributed by atoms with Crippen molar-refractivity contribution >= 4 is 66.7 Å². The van der Waals surface area contributed by atoms with Crippen molar-refractivity contribution in [3.63, 3.8) is 0 Å². The Morgan fingerprint density at radius 2 is 1.63 bits per heavy atom. The zero-order chi connectivity index (χ0) is 14.0. The average molecular weight is 443 g/mol. The molecule has 2 aromatic rings. The van der Waals surface area contributed by atoms with Crippen molar-refractivity contribution in [3.05, 3.63) is 56.5 Å². The van der Waals surface area contributed by atoms with Crippen LogP contribution in [0.25, 0.3) is 11.1 Å². The van der Waals surface area contributed by atoms with Crippen LogP contribution in [-0.4, -0.2) is 0 Å². The maximum absolute atomic E-state index is 6.35. The van der Waals surface area contributed by atoms with E-state index >= 15 is 0 Å². The minimum absolute atomic E-state index is 0.543. The molecule has 0 aliphatic heterocycles. The van der Waals surface area contributed by atoms with Gasteiger partial charge < -0.3 is 0 Å². The number of hydrogen-bond acceptors (Lipinski definition) is 0. The smallest absolute Gasteiger partial charge is 0.0673 e.